The fraction of sp³-hybridized carbons (Fsp3) is 0.286. The number of fused-ring (bicyclic) bond motifs is 2. The number of aromatic nitrogens is 3. The van der Waals surface area contributed by atoms with E-state index in [1.54, 1.807) is 26.3 Å². The fourth-order valence-corrected chi connectivity index (χ4v) is 5.43. The Bertz CT molecular complexity index is 1610. The Morgan fingerprint density at radius 2 is 1.77 bits per heavy atom. The molecule has 0 atom stereocenters. The van der Waals surface area contributed by atoms with Crippen LogP contribution in [-0.2, 0) is 24.4 Å². The van der Waals surface area contributed by atoms with E-state index in [4.69, 9.17) is 9.29 Å². The van der Waals surface area contributed by atoms with Crippen LogP contribution in [-0.4, -0.2) is 54.3 Å². The molecule has 0 bridgehead atoms. The molecule has 0 aliphatic rings. The number of thiazole rings is 1. The zero-order valence-electron chi connectivity index (χ0n) is 18.9. The van der Waals surface area contributed by atoms with Crippen LogP contribution in [0.5, 0.6) is 5.75 Å². The van der Waals surface area contributed by atoms with Gasteiger partial charge in [0.05, 0.1) is 26.0 Å². The van der Waals surface area contributed by atoms with Crippen molar-refractivity contribution in [2.24, 2.45) is 0 Å². The molecule has 14 heteroatoms. The van der Waals surface area contributed by atoms with E-state index in [9.17, 15) is 16.8 Å². The smallest absolute Gasteiger partial charge is 0.397 e. The average Bonchev–Trinajstić information content (AvgIpc) is 3.23. The number of nitrogens with zero attached hydrogens (tertiary/aromatic N) is 3. The third-order valence-electron chi connectivity index (χ3n) is 4.96. The van der Waals surface area contributed by atoms with Crippen LogP contribution < -0.4 is 10.1 Å². The molecule has 35 heavy (non-hydrogen) atoms. The summed E-state index contributed by atoms with van der Waals surface area (Å²) in [7, 11) is -8.55. The molecule has 2 aromatic carbocycles. The molecule has 11 nitrogen and oxygen atoms in total. The Labute approximate surface area is 206 Å². The Kier molecular flexibility index (Phi) is 6.68. The Morgan fingerprint density at radius 3 is 2.49 bits per heavy atom. The summed E-state index contributed by atoms with van der Waals surface area (Å²) in [4.78, 5) is 12.7. The maximum Gasteiger partial charge on any atom is 0.397 e. The van der Waals surface area contributed by atoms with E-state index in [2.05, 4.69) is 24.5 Å². The molecule has 0 radical (unpaired) electrons. The molecule has 186 valence electrons. The van der Waals surface area contributed by atoms with Gasteiger partial charge in [0.25, 0.3) is 0 Å². The van der Waals surface area contributed by atoms with E-state index in [0.717, 1.165) is 10.2 Å². The first kappa shape index (κ1) is 25.2. The summed E-state index contributed by atoms with van der Waals surface area (Å²) in [5.41, 5.74) is 3.68. The molecular weight excluding hydrogens is 516 g/mol. The number of benzene rings is 2. The van der Waals surface area contributed by atoms with Crippen LogP contribution in [0.4, 0.5) is 11.5 Å². The van der Waals surface area contributed by atoms with Crippen LogP contribution in [0, 0.1) is 0 Å². The van der Waals surface area contributed by atoms with Crippen LogP contribution >= 0.6 is 11.3 Å². The quantitative estimate of drug-likeness (QED) is 0.248. The van der Waals surface area contributed by atoms with Gasteiger partial charge in [-0.2, -0.15) is 8.42 Å². The van der Waals surface area contributed by atoms with Crippen molar-refractivity contribution in [1.29, 1.82) is 0 Å². The molecule has 0 amide bonds. The Balaban J connectivity index is 1.77. The highest BCUT2D eigenvalue weighted by atomic mass is 32.3. The van der Waals surface area contributed by atoms with Crippen molar-refractivity contribution >= 4 is 64.2 Å². The first-order chi connectivity index (χ1) is 16.3. The number of ether oxygens (including phenoxy) is 1. The van der Waals surface area contributed by atoms with Crippen LogP contribution in [0.25, 0.3) is 21.1 Å². The van der Waals surface area contributed by atoms with E-state index >= 15 is 0 Å². The summed E-state index contributed by atoms with van der Waals surface area (Å²) in [6, 6.07) is 8.53. The van der Waals surface area contributed by atoms with Gasteiger partial charge in [0.15, 0.2) is 9.84 Å². The second-order valence-electron chi connectivity index (χ2n) is 8.41. The lowest BCUT2D eigenvalue weighted by Crippen LogP contribution is -2.28. The number of anilines is 2. The van der Waals surface area contributed by atoms with Crippen LogP contribution in [0.1, 0.15) is 20.8 Å². The maximum absolute atomic E-state index is 13.4. The predicted octanol–water partition coefficient (Wildman–Crippen LogP) is 3.75. The van der Waals surface area contributed by atoms with E-state index in [-0.39, 0.29) is 17.3 Å². The normalized spacial score (nSPS) is 12.8. The Hall–Kier alpha value is -2.91. The number of hydrogen-bond donors (Lipinski definition) is 2. The number of sulfone groups is 1. The van der Waals surface area contributed by atoms with Gasteiger partial charge in [-0.3, -0.25) is 4.55 Å². The van der Waals surface area contributed by atoms with Crippen molar-refractivity contribution in [2.45, 2.75) is 30.4 Å². The molecular formula is C21H22N4O7S3. The minimum atomic E-state index is -4.65. The van der Waals surface area contributed by atoms with Crippen LogP contribution in [0.15, 0.2) is 47.1 Å². The molecule has 2 heterocycles. The number of hydrogen-bond acceptors (Lipinski definition) is 11. The van der Waals surface area contributed by atoms with Crippen LogP contribution in [0.2, 0.25) is 0 Å². The molecule has 2 aromatic heterocycles. The van der Waals surface area contributed by atoms with E-state index in [1.165, 1.54) is 29.8 Å². The molecule has 2 N–H and O–H groups in total. The lowest BCUT2D eigenvalue weighted by Gasteiger charge is -2.22. The highest BCUT2D eigenvalue weighted by Gasteiger charge is 2.34. The minimum Gasteiger partial charge on any atom is -0.490 e. The van der Waals surface area contributed by atoms with E-state index in [1.807, 2.05) is 18.2 Å². The zero-order valence-corrected chi connectivity index (χ0v) is 21.4. The highest BCUT2D eigenvalue weighted by molar-refractivity contribution is 7.92. The van der Waals surface area contributed by atoms with Gasteiger partial charge in [0, 0.05) is 17.1 Å². The standard InChI is InChI=1S/C21H22N4O7S3/c1-21(2,3)34(26,27)19-9-14-15(10-17(19)31-6-7-32-35(28,29)30)22-11-23-20(14)25-13-4-5-18-16(8-13)24-12-33-18/h4-5,8-12H,6-7H2,1-3H3,(H,22,23,25)(H,28,29,30). The van der Waals surface area contributed by atoms with Crippen molar-refractivity contribution in [3.8, 4) is 5.75 Å². The third kappa shape index (κ3) is 5.51. The monoisotopic (exact) mass is 538 g/mol. The number of rotatable bonds is 8. The molecule has 0 aliphatic heterocycles. The summed E-state index contributed by atoms with van der Waals surface area (Å²) >= 11 is 1.52. The van der Waals surface area contributed by atoms with Crippen molar-refractivity contribution in [3.05, 3.63) is 42.2 Å². The topological polar surface area (TPSA) is 158 Å². The van der Waals surface area contributed by atoms with Gasteiger partial charge in [-0.15, -0.1) is 11.3 Å². The SMILES string of the molecule is CC(C)(C)S(=O)(=O)c1cc2c(Nc3ccc4scnc4c3)ncnc2cc1OCCOS(=O)(=O)O. The van der Waals surface area contributed by atoms with Crippen molar-refractivity contribution < 1.29 is 30.3 Å². The van der Waals surface area contributed by atoms with E-state index < -0.39 is 31.6 Å². The zero-order chi connectivity index (χ0) is 25.4. The summed E-state index contributed by atoms with van der Waals surface area (Å²) in [5.74, 6) is 0.358. The first-order valence-electron chi connectivity index (χ1n) is 10.2. The minimum absolute atomic E-state index is 0.0279. The highest BCUT2D eigenvalue weighted by Crippen LogP contribution is 2.37. The largest absolute Gasteiger partial charge is 0.490 e. The van der Waals surface area contributed by atoms with Gasteiger partial charge in [-0.25, -0.2) is 27.6 Å². The van der Waals surface area contributed by atoms with E-state index in [0.29, 0.717) is 22.4 Å². The summed E-state index contributed by atoms with van der Waals surface area (Å²) in [6.07, 6.45) is 1.33. The second kappa shape index (κ2) is 9.28. The van der Waals surface area contributed by atoms with Gasteiger partial charge >= 0.3 is 10.4 Å². The van der Waals surface area contributed by atoms with Gasteiger partial charge in [-0.1, -0.05) is 0 Å². The predicted molar refractivity (Wildman–Crippen MR) is 132 cm³/mol. The summed E-state index contributed by atoms with van der Waals surface area (Å²) in [6.45, 7) is 3.83. The summed E-state index contributed by atoms with van der Waals surface area (Å²) in [5, 5.41) is 3.64. The molecule has 4 aromatic rings. The van der Waals surface area contributed by atoms with Crippen molar-refractivity contribution in [1.82, 2.24) is 15.0 Å². The molecule has 0 unspecified atom stereocenters. The molecule has 0 fully saturated rings. The fourth-order valence-electron chi connectivity index (χ4n) is 3.18. The molecule has 0 aliphatic carbocycles. The lowest BCUT2D eigenvalue weighted by atomic mass is 10.2. The van der Waals surface area contributed by atoms with Gasteiger partial charge in [0.1, 0.15) is 36.0 Å². The van der Waals surface area contributed by atoms with Crippen LogP contribution in [0.3, 0.4) is 0 Å². The first-order valence-corrected chi connectivity index (χ1v) is 14.0. The molecule has 0 spiro atoms. The Morgan fingerprint density at radius 1 is 1.00 bits per heavy atom. The average molecular weight is 539 g/mol. The molecule has 0 saturated heterocycles. The maximum atomic E-state index is 13.4. The van der Waals surface area contributed by atoms with Gasteiger partial charge in [0.2, 0.25) is 0 Å². The van der Waals surface area contributed by atoms with Crippen molar-refractivity contribution in [2.75, 3.05) is 18.5 Å². The molecule has 0 saturated carbocycles. The summed E-state index contributed by atoms with van der Waals surface area (Å²) < 4.78 is 66.7. The van der Waals surface area contributed by atoms with Crippen molar-refractivity contribution in [3.63, 3.8) is 0 Å². The molecule has 4 rings (SSSR count). The second-order valence-corrected chi connectivity index (χ2v) is 13.1. The third-order valence-corrected chi connectivity index (χ3v) is 8.75. The lowest BCUT2D eigenvalue weighted by molar-refractivity contribution is 0.199. The number of nitrogens with one attached hydrogen (secondary N) is 1. The van der Waals surface area contributed by atoms with Gasteiger partial charge in [-0.05, 0) is 45.0 Å². The van der Waals surface area contributed by atoms with Gasteiger partial charge < -0.3 is 10.1 Å².